The summed E-state index contributed by atoms with van der Waals surface area (Å²) in [6.45, 7) is 4.26. The standard InChI is InChI=1S/C17H17Cl2N5O2/c1-11-20-15(17(26)22-14-8-12(18)2-3-13(14)19)9-16(21-11)24-6-4-23(10-25)5-7-24/h2-3,8-10H,4-7H2,1H3,(H,22,26). The molecule has 0 radical (unpaired) electrons. The van der Waals surface area contributed by atoms with Crippen LogP contribution in [0.4, 0.5) is 11.5 Å². The second-order valence-corrected chi connectivity index (χ2v) is 6.71. The van der Waals surface area contributed by atoms with Gasteiger partial charge in [-0.05, 0) is 25.1 Å². The lowest BCUT2D eigenvalue weighted by atomic mass is 10.2. The van der Waals surface area contributed by atoms with E-state index in [4.69, 9.17) is 23.2 Å². The van der Waals surface area contributed by atoms with Gasteiger partial charge in [-0.2, -0.15) is 0 Å². The Bertz CT molecular complexity index is 838. The average molecular weight is 394 g/mol. The summed E-state index contributed by atoms with van der Waals surface area (Å²) in [7, 11) is 0. The van der Waals surface area contributed by atoms with Crippen molar-refractivity contribution < 1.29 is 9.59 Å². The largest absolute Gasteiger partial charge is 0.353 e. The molecule has 1 fully saturated rings. The minimum absolute atomic E-state index is 0.237. The number of carbonyl (C=O) groups excluding carboxylic acids is 2. The van der Waals surface area contributed by atoms with E-state index in [1.165, 1.54) is 0 Å². The predicted octanol–water partition coefficient (Wildman–Crippen LogP) is 2.62. The van der Waals surface area contributed by atoms with Crippen molar-refractivity contribution in [3.8, 4) is 0 Å². The number of carbonyl (C=O) groups is 2. The molecule has 0 spiro atoms. The highest BCUT2D eigenvalue weighted by Gasteiger charge is 2.19. The number of halogens is 2. The highest BCUT2D eigenvalue weighted by Crippen LogP contribution is 2.26. The number of benzene rings is 1. The zero-order valence-corrected chi connectivity index (χ0v) is 15.6. The molecule has 1 aromatic heterocycles. The molecule has 3 rings (SSSR count). The number of nitrogens with one attached hydrogen (secondary N) is 1. The van der Waals surface area contributed by atoms with Crippen LogP contribution < -0.4 is 10.2 Å². The van der Waals surface area contributed by atoms with Crippen LogP contribution in [0.3, 0.4) is 0 Å². The van der Waals surface area contributed by atoms with Crippen LogP contribution >= 0.6 is 23.2 Å². The highest BCUT2D eigenvalue weighted by molar-refractivity contribution is 6.35. The van der Waals surface area contributed by atoms with E-state index in [9.17, 15) is 9.59 Å². The Hall–Kier alpha value is -2.38. The molecule has 26 heavy (non-hydrogen) atoms. The number of hydrogen-bond acceptors (Lipinski definition) is 5. The van der Waals surface area contributed by atoms with E-state index in [2.05, 4.69) is 15.3 Å². The van der Waals surface area contributed by atoms with Crippen LogP contribution in [0.5, 0.6) is 0 Å². The van der Waals surface area contributed by atoms with Gasteiger partial charge in [0.15, 0.2) is 0 Å². The van der Waals surface area contributed by atoms with E-state index < -0.39 is 5.91 Å². The molecule has 9 heteroatoms. The number of rotatable bonds is 4. The minimum atomic E-state index is -0.396. The number of piperazine rings is 1. The summed E-state index contributed by atoms with van der Waals surface area (Å²) >= 11 is 12.0. The topological polar surface area (TPSA) is 78.4 Å². The van der Waals surface area contributed by atoms with Crippen LogP contribution in [0.2, 0.25) is 10.0 Å². The maximum atomic E-state index is 12.6. The number of amides is 2. The summed E-state index contributed by atoms with van der Waals surface area (Å²) in [5.74, 6) is 0.750. The number of anilines is 2. The molecule has 0 unspecified atom stereocenters. The molecule has 2 aromatic rings. The van der Waals surface area contributed by atoms with Gasteiger partial charge >= 0.3 is 0 Å². The second kappa shape index (κ2) is 7.88. The van der Waals surface area contributed by atoms with Gasteiger partial charge in [0.2, 0.25) is 6.41 Å². The first-order chi connectivity index (χ1) is 12.5. The Kier molecular flexibility index (Phi) is 5.58. The molecule has 0 atom stereocenters. The fraction of sp³-hybridized carbons (Fsp3) is 0.294. The zero-order chi connectivity index (χ0) is 18.7. The first kappa shape index (κ1) is 18.4. The van der Waals surface area contributed by atoms with Crippen molar-refractivity contribution in [3.05, 3.63) is 45.8 Å². The summed E-state index contributed by atoms with van der Waals surface area (Å²) in [6.07, 6.45) is 0.843. The lowest BCUT2D eigenvalue weighted by molar-refractivity contribution is -0.118. The van der Waals surface area contributed by atoms with Gasteiger partial charge in [-0.15, -0.1) is 0 Å². The summed E-state index contributed by atoms with van der Waals surface area (Å²) in [4.78, 5) is 35.8. The highest BCUT2D eigenvalue weighted by atomic mass is 35.5. The fourth-order valence-corrected chi connectivity index (χ4v) is 3.00. The Balaban J connectivity index is 1.80. The molecule has 0 aliphatic carbocycles. The number of aryl methyl sites for hydroxylation is 1. The summed E-state index contributed by atoms with van der Waals surface area (Å²) in [5.41, 5.74) is 0.655. The molecule has 1 aliphatic rings. The molecule has 1 aliphatic heterocycles. The van der Waals surface area contributed by atoms with Crippen LogP contribution in [-0.4, -0.2) is 53.4 Å². The summed E-state index contributed by atoms with van der Waals surface area (Å²) in [6, 6.07) is 6.47. The normalized spacial score (nSPS) is 14.3. The van der Waals surface area contributed by atoms with Crippen molar-refractivity contribution in [1.29, 1.82) is 0 Å². The van der Waals surface area contributed by atoms with Gasteiger partial charge in [-0.3, -0.25) is 9.59 Å². The van der Waals surface area contributed by atoms with Gasteiger partial charge in [0.1, 0.15) is 17.3 Å². The molecule has 1 saturated heterocycles. The maximum absolute atomic E-state index is 12.6. The van der Waals surface area contributed by atoms with Crippen LogP contribution in [0.25, 0.3) is 0 Å². The van der Waals surface area contributed by atoms with Crippen molar-refractivity contribution in [2.24, 2.45) is 0 Å². The van der Waals surface area contributed by atoms with Gasteiger partial charge in [-0.1, -0.05) is 23.2 Å². The van der Waals surface area contributed by atoms with Gasteiger partial charge in [-0.25, -0.2) is 9.97 Å². The van der Waals surface area contributed by atoms with Crippen LogP contribution in [0.15, 0.2) is 24.3 Å². The fourth-order valence-electron chi connectivity index (χ4n) is 2.67. The summed E-state index contributed by atoms with van der Waals surface area (Å²) < 4.78 is 0. The average Bonchev–Trinajstić information content (AvgIpc) is 2.64. The van der Waals surface area contributed by atoms with Crippen LogP contribution in [-0.2, 0) is 4.79 Å². The van der Waals surface area contributed by atoms with E-state index in [0.717, 1.165) is 6.41 Å². The smallest absolute Gasteiger partial charge is 0.274 e. The number of aromatic nitrogens is 2. The van der Waals surface area contributed by atoms with Crippen molar-refractivity contribution in [3.63, 3.8) is 0 Å². The maximum Gasteiger partial charge on any atom is 0.274 e. The van der Waals surface area contributed by atoms with E-state index in [-0.39, 0.29) is 5.69 Å². The lowest BCUT2D eigenvalue weighted by Crippen LogP contribution is -2.46. The van der Waals surface area contributed by atoms with Crippen molar-refractivity contribution in [1.82, 2.24) is 14.9 Å². The predicted molar refractivity (Wildman–Crippen MR) is 101 cm³/mol. The lowest BCUT2D eigenvalue weighted by Gasteiger charge is -2.33. The monoisotopic (exact) mass is 393 g/mol. The molecule has 1 N–H and O–H groups in total. The van der Waals surface area contributed by atoms with Crippen LogP contribution in [0.1, 0.15) is 16.3 Å². The SMILES string of the molecule is Cc1nc(C(=O)Nc2cc(Cl)ccc2Cl)cc(N2CCN(C=O)CC2)n1. The zero-order valence-electron chi connectivity index (χ0n) is 14.1. The Morgan fingerprint density at radius 3 is 2.58 bits per heavy atom. The van der Waals surface area contributed by atoms with Crippen molar-refractivity contribution in [2.45, 2.75) is 6.92 Å². The third kappa shape index (κ3) is 4.23. The number of hydrogen-bond donors (Lipinski definition) is 1. The molecule has 2 heterocycles. The molecule has 1 aromatic carbocycles. The third-order valence-corrected chi connectivity index (χ3v) is 4.59. The van der Waals surface area contributed by atoms with Gasteiger partial charge < -0.3 is 15.1 Å². The van der Waals surface area contributed by atoms with E-state index in [0.29, 0.717) is 53.6 Å². The van der Waals surface area contributed by atoms with Gasteiger partial charge in [0, 0.05) is 37.3 Å². The van der Waals surface area contributed by atoms with Gasteiger partial charge in [0.05, 0.1) is 10.7 Å². The molecule has 7 nitrogen and oxygen atoms in total. The Labute approximate surface area is 160 Å². The van der Waals surface area contributed by atoms with E-state index >= 15 is 0 Å². The molecular formula is C17H17Cl2N5O2. The van der Waals surface area contributed by atoms with Crippen LogP contribution in [0, 0.1) is 6.92 Å². The first-order valence-electron chi connectivity index (χ1n) is 8.02. The quantitative estimate of drug-likeness (QED) is 0.807. The molecule has 0 saturated carbocycles. The molecule has 136 valence electrons. The Morgan fingerprint density at radius 1 is 1.15 bits per heavy atom. The number of nitrogens with zero attached hydrogens (tertiary/aromatic N) is 4. The molecule has 0 bridgehead atoms. The van der Waals surface area contributed by atoms with E-state index in [1.807, 2.05) is 4.90 Å². The Morgan fingerprint density at radius 2 is 1.88 bits per heavy atom. The molecule has 2 amide bonds. The van der Waals surface area contributed by atoms with E-state index in [1.54, 1.807) is 36.1 Å². The first-order valence-corrected chi connectivity index (χ1v) is 8.78. The summed E-state index contributed by atoms with van der Waals surface area (Å²) in [5, 5.41) is 3.58. The second-order valence-electron chi connectivity index (χ2n) is 5.87. The third-order valence-electron chi connectivity index (χ3n) is 4.02. The van der Waals surface area contributed by atoms with Gasteiger partial charge in [0.25, 0.3) is 5.91 Å². The molecular weight excluding hydrogens is 377 g/mol. The van der Waals surface area contributed by atoms with Crippen molar-refractivity contribution >= 4 is 47.0 Å². The van der Waals surface area contributed by atoms with Crippen molar-refractivity contribution in [2.75, 3.05) is 36.4 Å². The minimum Gasteiger partial charge on any atom is -0.353 e.